The quantitative estimate of drug-likeness (QED) is 0.524. The molecule has 0 aromatic carbocycles. The van der Waals surface area contributed by atoms with Gasteiger partial charge in [0.25, 0.3) is 0 Å². The summed E-state index contributed by atoms with van der Waals surface area (Å²) in [4.78, 5) is 8.86. The van der Waals surface area contributed by atoms with E-state index < -0.39 is 7.82 Å². The Morgan fingerprint density at radius 3 is 2.42 bits per heavy atom. The van der Waals surface area contributed by atoms with Gasteiger partial charge < -0.3 is 4.89 Å². The summed E-state index contributed by atoms with van der Waals surface area (Å²) in [6, 6.07) is 0. The molecule has 3 N–H and O–H groups in total. The molecule has 0 bridgehead atoms. The van der Waals surface area contributed by atoms with Gasteiger partial charge in [-0.2, -0.15) is 0 Å². The summed E-state index contributed by atoms with van der Waals surface area (Å²) in [6.07, 6.45) is 4.70. The van der Waals surface area contributed by atoms with Crippen LogP contribution in [0.1, 0.15) is 32.1 Å². The third-order valence-corrected chi connectivity index (χ3v) is 2.80. The van der Waals surface area contributed by atoms with E-state index in [2.05, 4.69) is 10.5 Å². The minimum atomic E-state index is -3.96. The maximum Gasteiger partial charge on any atom is 0.488 e. The molecular weight excluding hydrogens is 181 g/mol. The first kappa shape index (κ1) is 10.2. The molecule has 6 heteroatoms. The van der Waals surface area contributed by atoms with Gasteiger partial charge in [0.15, 0.2) is 0 Å². The van der Waals surface area contributed by atoms with Crippen molar-refractivity contribution in [3.8, 4) is 0 Å². The lowest BCUT2D eigenvalue weighted by Crippen LogP contribution is -2.16. The van der Waals surface area contributed by atoms with Crippen molar-refractivity contribution in [3.63, 3.8) is 0 Å². The van der Waals surface area contributed by atoms with Crippen LogP contribution in [-0.4, -0.2) is 11.0 Å². The number of rotatable bonds is 3. The zero-order chi connectivity index (χ0) is 9.03. The number of hydrogen-bond acceptors (Lipinski definition) is 4. The molecule has 0 radical (unpaired) electrons. The molecule has 1 fully saturated rings. The maximum atomic E-state index is 10.8. The normalized spacial score (nSPS) is 25.2. The predicted octanol–water partition coefficient (Wildman–Crippen LogP) is 1.33. The summed E-state index contributed by atoms with van der Waals surface area (Å²) < 4.78 is 19.5. The van der Waals surface area contributed by atoms with E-state index >= 15 is 0 Å². The molecule has 1 aliphatic rings. The van der Waals surface area contributed by atoms with Crippen molar-refractivity contribution in [2.45, 2.75) is 38.2 Å². The van der Waals surface area contributed by atoms with Crippen LogP contribution in [0.15, 0.2) is 0 Å². The smallest absolute Gasteiger partial charge is 0.301 e. The molecule has 1 atom stereocenters. The average Bonchev–Trinajstić information content (AvgIpc) is 2.06. The Morgan fingerprint density at radius 2 is 1.92 bits per heavy atom. The Kier molecular flexibility index (Phi) is 3.68. The van der Waals surface area contributed by atoms with E-state index in [9.17, 15) is 4.57 Å². The van der Waals surface area contributed by atoms with Gasteiger partial charge >= 0.3 is 7.82 Å². The molecule has 0 saturated heterocycles. The second kappa shape index (κ2) is 4.35. The molecule has 0 amide bonds. The van der Waals surface area contributed by atoms with Crippen LogP contribution in [0.2, 0.25) is 0 Å². The van der Waals surface area contributed by atoms with Gasteiger partial charge in [-0.15, -0.1) is 0 Å². The number of hydrogen-bond donors (Lipinski definition) is 2. The van der Waals surface area contributed by atoms with E-state index in [1.54, 1.807) is 0 Å². The molecule has 0 aromatic heterocycles. The summed E-state index contributed by atoms with van der Waals surface area (Å²) in [7, 11) is -3.96. The van der Waals surface area contributed by atoms with Gasteiger partial charge in [0.2, 0.25) is 0 Å². The molecule has 0 heterocycles. The van der Waals surface area contributed by atoms with Gasteiger partial charge in [0.05, 0.1) is 6.10 Å². The Labute approximate surface area is 71.4 Å². The van der Waals surface area contributed by atoms with Crippen molar-refractivity contribution in [1.29, 1.82) is 0 Å². The Balaban J connectivity index is 2.34. The summed E-state index contributed by atoms with van der Waals surface area (Å²) in [5.74, 6) is 4.59. The zero-order valence-electron chi connectivity index (χ0n) is 6.81. The highest BCUT2D eigenvalue weighted by Gasteiger charge is 2.26. The third-order valence-electron chi connectivity index (χ3n) is 1.97. The van der Waals surface area contributed by atoms with Crippen molar-refractivity contribution in [2.24, 2.45) is 5.90 Å². The van der Waals surface area contributed by atoms with Gasteiger partial charge in [-0.25, -0.2) is 15.1 Å². The predicted molar refractivity (Wildman–Crippen MR) is 43.1 cm³/mol. The fraction of sp³-hybridized carbons (Fsp3) is 1.00. The minimum Gasteiger partial charge on any atom is -0.301 e. The van der Waals surface area contributed by atoms with Crippen molar-refractivity contribution in [1.82, 2.24) is 0 Å². The standard InChI is InChI=1S/C6H14NO4P/c7-11-12(8,9)10-6-4-2-1-3-5-6/h6H,1-5,7H2,(H,8,9). The molecule has 5 nitrogen and oxygen atoms in total. The number of phosphoric ester groups is 1. The molecule has 1 saturated carbocycles. The van der Waals surface area contributed by atoms with Crippen LogP contribution in [0, 0.1) is 0 Å². The fourth-order valence-electron chi connectivity index (χ4n) is 1.38. The summed E-state index contributed by atoms with van der Waals surface area (Å²) >= 11 is 0. The lowest BCUT2D eigenvalue weighted by Gasteiger charge is -2.22. The maximum absolute atomic E-state index is 10.8. The lowest BCUT2D eigenvalue weighted by atomic mass is 9.98. The van der Waals surface area contributed by atoms with E-state index in [-0.39, 0.29) is 6.10 Å². The highest BCUT2D eigenvalue weighted by molar-refractivity contribution is 7.47. The minimum absolute atomic E-state index is 0.168. The molecule has 1 aliphatic carbocycles. The molecule has 1 unspecified atom stereocenters. The highest BCUT2D eigenvalue weighted by atomic mass is 31.2. The number of nitrogens with two attached hydrogens (primary N) is 1. The molecule has 12 heavy (non-hydrogen) atoms. The molecular formula is C6H14NO4P. The molecule has 0 aromatic rings. The van der Waals surface area contributed by atoms with Gasteiger partial charge in [-0.05, 0) is 12.8 Å². The second-order valence-corrected chi connectivity index (χ2v) is 4.30. The van der Waals surface area contributed by atoms with Crippen LogP contribution < -0.4 is 5.90 Å². The van der Waals surface area contributed by atoms with Crippen molar-refractivity contribution in [3.05, 3.63) is 0 Å². The van der Waals surface area contributed by atoms with Crippen LogP contribution >= 0.6 is 7.82 Å². The van der Waals surface area contributed by atoms with Crippen LogP contribution in [0.3, 0.4) is 0 Å². The van der Waals surface area contributed by atoms with Gasteiger partial charge in [-0.1, -0.05) is 19.3 Å². The van der Waals surface area contributed by atoms with E-state index in [1.165, 1.54) is 6.42 Å². The first-order valence-electron chi connectivity index (χ1n) is 4.04. The second-order valence-electron chi connectivity index (χ2n) is 2.94. The highest BCUT2D eigenvalue weighted by Crippen LogP contribution is 2.44. The first-order valence-corrected chi connectivity index (χ1v) is 5.53. The van der Waals surface area contributed by atoms with E-state index in [1.807, 2.05) is 0 Å². The Hall–Kier alpha value is 0.0700. The van der Waals surface area contributed by atoms with Gasteiger partial charge in [-0.3, -0.25) is 4.52 Å². The van der Waals surface area contributed by atoms with Crippen molar-refractivity contribution < 1.29 is 18.6 Å². The van der Waals surface area contributed by atoms with Crippen LogP contribution in [-0.2, 0) is 13.7 Å². The van der Waals surface area contributed by atoms with Gasteiger partial charge in [0, 0.05) is 0 Å². The molecule has 72 valence electrons. The van der Waals surface area contributed by atoms with E-state index in [4.69, 9.17) is 9.42 Å². The van der Waals surface area contributed by atoms with E-state index in [0.29, 0.717) is 0 Å². The average molecular weight is 195 g/mol. The molecule has 1 rings (SSSR count). The monoisotopic (exact) mass is 195 g/mol. The summed E-state index contributed by atoms with van der Waals surface area (Å²) in [5.41, 5.74) is 0. The first-order chi connectivity index (χ1) is 5.64. The van der Waals surface area contributed by atoms with Crippen molar-refractivity contribution in [2.75, 3.05) is 0 Å². The Bertz CT molecular complexity index is 180. The largest absolute Gasteiger partial charge is 0.488 e. The number of phosphoric acid groups is 1. The Morgan fingerprint density at radius 1 is 1.33 bits per heavy atom. The fourth-order valence-corrected chi connectivity index (χ4v) is 2.02. The third kappa shape index (κ3) is 3.21. The van der Waals surface area contributed by atoms with Crippen molar-refractivity contribution >= 4 is 7.82 Å². The summed E-state index contributed by atoms with van der Waals surface area (Å²) in [5, 5.41) is 0. The van der Waals surface area contributed by atoms with Crippen LogP contribution in [0.25, 0.3) is 0 Å². The molecule has 0 aliphatic heterocycles. The summed E-state index contributed by atoms with van der Waals surface area (Å²) in [6.45, 7) is 0. The van der Waals surface area contributed by atoms with E-state index in [0.717, 1.165) is 25.7 Å². The molecule has 0 spiro atoms. The van der Waals surface area contributed by atoms with Gasteiger partial charge in [0.1, 0.15) is 0 Å². The van der Waals surface area contributed by atoms with Crippen LogP contribution in [0.5, 0.6) is 0 Å². The SMILES string of the molecule is NOP(=O)(O)OC1CCCCC1. The zero-order valence-corrected chi connectivity index (χ0v) is 7.70. The van der Waals surface area contributed by atoms with Crippen LogP contribution in [0.4, 0.5) is 0 Å². The lowest BCUT2D eigenvalue weighted by molar-refractivity contribution is 0.0828. The topological polar surface area (TPSA) is 81.8 Å².